The molecule has 0 aliphatic heterocycles. The van der Waals surface area contributed by atoms with E-state index < -0.39 is 0 Å². The summed E-state index contributed by atoms with van der Waals surface area (Å²) in [6.07, 6.45) is 4.42. The SMILES string of the molecule is c1cc(-c2cnncn2)nnn1. The van der Waals surface area contributed by atoms with Gasteiger partial charge in [-0.2, -0.15) is 5.10 Å². The van der Waals surface area contributed by atoms with Crippen molar-refractivity contribution in [1.82, 2.24) is 30.6 Å². The van der Waals surface area contributed by atoms with Crippen LogP contribution in [0.2, 0.25) is 0 Å². The van der Waals surface area contributed by atoms with E-state index in [9.17, 15) is 0 Å². The highest BCUT2D eigenvalue weighted by atomic mass is 15.3. The molecule has 0 radical (unpaired) electrons. The van der Waals surface area contributed by atoms with Gasteiger partial charge in [-0.3, -0.25) is 0 Å². The van der Waals surface area contributed by atoms with E-state index in [0.717, 1.165) is 0 Å². The number of aromatic nitrogens is 6. The zero-order valence-electron chi connectivity index (χ0n) is 5.99. The first-order valence-electron chi connectivity index (χ1n) is 3.24. The first-order chi connectivity index (χ1) is 5.97. The predicted molar refractivity (Wildman–Crippen MR) is 38.6 cm³/mol. The summed E-state index contributed by atoms with van der Waals surface area (Å²) in [7, 11) is 0. The molecule has 0 amide bonds. The maximum atomic E-state index is 3.95. The summed E-state index contributed by atoms with van der Waals surface area (Å²) in [6.45, 7) is 0. The van der Waals surface area contributed by atoms with Crippen molar-refractivity contribution in [3.8, 4) is 11.4 Å². The predicted octanol–water partition coefficient (Wildman–Crippen LogP) is -0.276. The van der Waals surface area contributed by atoms with Crippen LogP contribution < -0.4 is 0 Å². The lowest BCUT2D eigenvalue weighted by atomic mass is 10.3. The van der Waals surface area contributed by atoms with Crippen molar-refractivity contribution in [2.45, 2.75) is 0 Å². The number of hydrogen-bond donors (Lipinski definition) is 0. The molecule has 0 saturated heterocycles. The Bertz CT molecular complexity index is 309. The largest absolute Gasteiger partial charge is 0.231 e. The van der Waals surface area contributed by atoms with Crippen molar-refractivity contribution in [3.05, 3.63) is 24.8 Å². The molecular weight excluding hydrogens is 156 g/mol. The molecule has 6 heteroatoms. The van der Waals surface area contributed by atoms with Gasteiger partial charge in [-0.05, 0) is 11.3 Å². The second kappa shape index (κ2) is 2.95. The maximum Gasteiger partial charge on any atom is 0.138 e. The van der Waals surface area contributed by atoms with Crippen LogP contribution >= 0.6 is 0 Å². The fraction of sp³-hybridized carbons (Fsp3) is 0. The Morgan fingerprint density at radius 3 is 2.67 bits per heavy atom. The minimum atomic E-state index is 0.639. The average Bonchev–Trinajstić information content (AvgIpc) is 2.21. The summed E-state index contributed by atoms with van der Waals surface area (Å²) in [5.74, 6) is 0. The van der Waals surface area contributed by atoms with E-state index in [-0.39, 0.29) is 0 Å². The molecule has 0 saturated carbocycles. The van der Waals surface area contributed by atoms with E-state index in [1.165, 1.54) is 12.5 Å². The van der Waals surface area contributed by atoms with Crippen LogP contribution in [0, 0.1) is 0 Å². The van der Waals surface area contributed by atoms with E-state index in [4.69, 9.17) is 0 Å². The summed E-state index contributed by atoms with van der Waals surface area (Å²) in [4.78, 5) is 3.95. The van der Waals surface area contributed by atoms with Crippen molar-refractivity contribution >= 4 is 0 Å². The van der Waals surface area contributed by atoms with E-state index in [1.54, 1.807) is 12.3 Å². The van der Waals surface area contributed by atoms with Crippen LogP contribution in [-0.4, -0.2) is 30.6 Å². The lowest BCUT2D eigenvalue weighted by molar-refractivity contribution is 0.862. The molecule has 2 aromatic heterocycles. The van der Waals surface area contributed by atoms with Gasteiger partial charge in [0.05, 0.1) is 12.4 Å². The first kappa shape index (κ1) is 6.71. The summed E-state index contributed by atoms with van der Waals surface area (Å²) in [5, 5.41) is 18.0. The van der Waals surface area contributed by atoms with Crippen molar-refractivity contribution in [1.29, 1.82) is 0 Å². The highest BCUT2D eigenvalue weighted by Gasteiger charge is 1.98. The van der Waals surface area contributed by atoms with Gasteiger partial charge in [-0.25, -0.2) is 4.98 Å². The van der Waals surface area contributed by atoms with Gasteiger partial charge in [0.25, 0.3) is 0 Å². The van der Waals surface area contributed by atoms with E-state index in [0.29, 0.717) is 11.4 Å². The van der Waals surface area contributed by atoms with Crippen molar-refractivity contribution in [2.24, 2.45) is 0 Å². The van der Waals surface area contributed by atoms with Crippen LogP contribution in [0.15, 0.2) is 24.8 Å². The standard InChI is InChI=1S/C6H4N6/c1-2-8-12-11-5(1)6-3-9-10-4-7-6/h1-4H. The number of hydrogen-bond acceptors (Lipinski definition) is 6. The molecule has 0 aliphatic carbocycles. The van der Waals surface area contributed by atoms with Crippen molar-refractivity contribution in [2.75, 3.05) is 0 Å². The fourth-order valence-corrected chi connectivity index (χ4v) is 0.749. The summed E-state index contributed by atoms with van der Waals surface area (Å²) < 4.78 is 0. The van der Waals surface area contributed by atoms with Crippen LogP contribution in [0.3, 0.4) is 0 Å². The Hall–Kier alpha value is -1.98. The second-order valence-electron chi connectivity index (χ2n) is 2.00. The summed E-state index contributed by atoms with van der Waals surface area (Å²) in [5.41, 5.74) is 1.28. The average molecular weight is 160 g/mol. The minimum absolute atomic E-state index is 0.639. The second-order valence-corrected chi connectivity index (χ2v) is 2.00. The van der Waals surface area contributed by atoms with Crippen LogP contribution in [0.5, 0.6) is 0 Å². The molecule has 2 heterocycles. The quantitative estimate of drug-likeness (QED) is 0.571. The van der Waals surface area contributed by atoms with Gasteiger partial charge in [0.2, 0.25) is 0 Å². The van der Waals surface area contributed by atoms with E-state index >= 15 is 0 Å². The molecule has 0 N–H and O–H groups in total. The van der Waals surface area contributed by atoms with Gasteiger partial charge in [-0.15, -0.1) is 15.3 Å². The summed E-state index contributed by atoms with van der Waals surface area (Å²) >= 11 is 0. The monoisotopic (exact) mass is 160 g/mol. The number of nitrogens with zero attached hydrogens (tertiary/aromatic N) is 6. The highest BCUT2D eigenvalue weighted by Crippen LogP contribution is 2.07. The molecule has 0 spiro atoms. The minimum Gasteiger partial charge on any atom is -0.231 e. The molecule has 2 rings (SSSR count). The Labute approximate surface area is 67.7 Å². The normalized spacial score (nSPS) is 9.67. The Morgan fingerprint density at radius 2 is 2.00 bits per heavy atom. The van der Waals surface area contributed by atoms with Crippen LogP contribution in [-0.2, 0) is 0 Å². The molecule has 0 unspecified atom stereocenters. The highest BCUT2D eigenvalue weighted by molar-refractivity contribution is 5.49. The molecular formula is C6H4N6. The third kappa shape index (κ3) is 1.22. The molecule has 2 aromatic rings. The Kier molecular flexibility index (Phi) is 1.65. The van der Waals surface area contributed by atoms with Gasteiger partial charge in [0.1, 0.15) is 17.7 Å². The third-order valence-electron chi connectivity index (χ3n) is 1.26. The third-order valence-corrected chi connectivity index (χ3v) is 1.26. The fourth-order valence-electron chi connectivity index (χ4n) is 0.749. The first-order valence-corrected chi connectivity index (χ1v) is 3.24. The number of rotatable bonds is 1. The van der Waals surface area contributed by atoms with Gasteiger partial charge in [0.15, 0.2) is 0 Å². The summed E-state index contributed by atoms with van der Waals surface area (Å²) in [6, 6.07) is 1.71. The van der Waals surface area contributed by atoms with Crippen LogP contribution in [0.1, 0.15) is 0 Å². The van der Waals surface area contributed by atoms with Crippen molar-refractivity contribution < 1.29 is 0 Å². The molecule has 58 valence electrons. The van der Waals surface area contributed by atoms with Gasteiger partial charge >= 0.3 is 0 Å². The Balaban J connectivity index is 2.46. The van der Waals surface area contributed by atoms with E-state index in [1.807, 2.05) is 0 Å². The Morgan fingerprint density at radius 1 is 1.00 bits per heavy atom. The van der Waals surface area contributed by atoms with Gasteiger partial charge < -0.3 is 0 Å². The molecule has 0 bridgehead atoms. The smallest absolute Gasteiger partial charge is 0.138 e. The maximum absolute atomic E-state index is 3.95. The molecule has 0 aromatic carbocycles. The molecule has 0 aliphatic rings. The topological polar surface area (TPSA) is 77.3 Å². The zero-order valence-corrected chi connectivity index (χ0v) is 5.99. The molecule has 12 heavy (non-hydrogen) atoms. The van der Waals surface area contributed by atoms with Gasteiger partial charge in [-0.1, -0.05) is 0 Å². The molecule has 0 fully saturated rings. The molecule has 6 nitrogen and oxygen atoms in total. The van der Waals surface area contributed by atoms with Crippen LogP contribution in [0.4, 0.5) is 0 Å². The zero-order chi connectivity index (χ0) is 8.23. The lowest BCUT2D eigenvalue weighted by Gasteiger charge is -1.93. The van der Waals surface area contributed by atoms with E-state index in [2.05, 4.69) is 30.6 Å². The lowest BCUT2D eigenvalue weighted by Crippen LogP contribution is -1.92. The van der Waals surface area contributed by atoms with Crippen LogP contribution in [0.25, 0.3) is 11.4 Å². The van der Waals surface area contributed by atoms with Gasteiger partial charge in [0, 0.05) is 0 Å². The molecule has 0 atom stereocenters. The van der Waals surface area contributed by atoms with Crippen molar-refractivity contribution in [3.63, 3.8) is 0 Å².